The summed E-state index contributed by atoms with van der Waals surface area (Å²) in [5.74, 6) is 0. The molecule has 1 atom stereocenters. The second-order valence-corrected chi connectivity index (χ2v) is 3.86. The minimum atomic E-state index is -4.27. The third-order valence-corrected chi connectivity index (χ3v) is 2.56. The number of alkyl halides is 4. The zero-order valence-electron chi connectivity index (χ0n) is 7.80. The molecular weight excluding hydrogens is 320 g/mol. The van der Waals surface area contributed by atoms with Crippen molar-refractivity contribution in [1.82, 2.24) is 0 Å². The zero-order chi connectivity index (χ0) is 11.3. The Labute approximate surface area is 99.8 Å². The van der Waals surface area contributed by atoms with Crippen molar-refractivity contribution in [3.8, 4) is 0 Å². The van der Waals surface area contributed by atoms with Crippen LogP contribution in [0, 0.1) is 0 Å². The normalized spacial score (nSPS) is 13.9. The van der Waals surface area contributed by atoms with E-state index in [1.165, 1.54) is 0 Å². The number of ether oxygens (including phenoxy) is 1. The van der Waals surface area contributed by atoms with E-state index >= 15 is 0 Å². The van der Waals surface area contributed by atoms with Gasteiger partial charge in [0.25, 0.3) is 0 Å². The summed E-state index contributed by atoms with van der Waals surface area (Å²) in [5.41, 5.74) is 0.774. The molecule has 5 heteroatoms. The van der Waals surface area contributed by atoms with Crippen LogP contribution < -0.4 is 0 Å². The predicted octanol–water partition coefficient (Wildman–Crippen LogP) is 3.74. The fourth-order valence-electron chi connectivity index (χ4n) is 1.09. The Morgan fingerprint density at radius 1 is 1.20 bits per heavy atom. The highest BCUT2D eigenvalue weighted by Crippen LogP contribution is 2.23. The summed E-state index contributed by atoms with van der Waals surface area (Å²) in [4.78, 5) is 0. The SMILES string of the molecule is FC(F)(F)CO[C@@H](CI)c1ccccc1. The lowest BCUT2D eigenvalue weighted by atomic mass is 10.1. The number of hydrogen-bond donors (Lipinski definition) is 0. The maximum absolute atomic E-state index is 11.9. The molecule has 0 N–H and O–H groups in total. The monoisotopic (exact) mass is 330 g/mol. The third kappa shape index (κ3) is 4.83. The highest BCUT2D eigenvalue weighted by Gasteiger charge is 2.29. The smallest absolute Gasteiger partial charge is 0.363 e. The van der Waals surface area contributed by atoms with Crippen molar-refractivity contribution in [2.24, 2.45) is 0 Å². The first-order valence-electron chi connectivity index (χ1n) is 4.32. The molecule has 15 heavy (non-hydrogen) atoms. The molecule has 0 fully saturated rings. The van der Waals surface area contributed by atoms with Crippen LogP contribution in [0.2, 0.25) is 0 Å². The van der Waals surface area contributed by atoms with E-state index < -0.39 is 18.9 Å². The minimum Gasteiger partial charge on any atom is -0.363 e. The highest BCUT2D eigenvalue weighted by atomic mass is 127. The molecule has 0 saturated heterocycles. The van der Waals surface area contributed by atoms with Crippen LogP contribution in [0.3, 0.4) is 0 Å². The Kier molecular flexibility index (Phi) is 4.85. The molecule has 0 aliphatic carbocycles. The lowest BCUT2D eigenvalue weighted by molar-refractivity contribution is -0.183. The maximum atomic E-state index is 11.9. The van der Waals surface area contributed by atoms with E-state index in [9.17, 15) is 13.2 Å². The molecule has 0 bridgehead atoms. The molecule has 1 rings (SSSR count). The lowest BCUT2D eigenvalue weighted by Crippen LogP contribution is -2.20. The number of rotatable bonds is 4. The quantitative estimate of drug-likeness (QED) is 0.604. The van der Waals surface area contributed by atoms with Crippen LogP contribution in [-0.4, -0.2) is 17.2 Å². The summed E-state index contributed by atoms with van der Waals surface area (Å²) in [6, 6.07) is 8.91. The van der Waals surface area contributed by atoms with Gasteiger partial charge in [0.2, 0.25) is 0 Å². The topological polar surface area (TPSA) is 9.23 Å². The minimum absolute atomic E-state index is 0.492. The first kappa shape index (κ1) is 12.8. The molecule has 84 valence electrons. The van der Waals surface area contributed by atoms with E-state index in [1.54, 1.807) is 24.3 Å². The van der Waals surface area contributed by atoms with Gasteiger partial charge in [-0.25, -0.2) is 0 Å². The van der Waals surface area contributed by atoms with E-state index in [-0.39, 0.29) is 0 Å². The molecule has 0 heterocycles. The summed E-state index contributed by atoms with van der Waals surface area (Å²) >= 11 is 2.01. The van der Waals surface area contributed by atoms with Gasteiger partial charge in [0, 0.05) is 4.43 Å². The molecule has 0 aromatic heterocycles. The fourth-order valence-corrected chi connectivity index (χ4v) is 1.86. The van der Waals surface area contributed by atoms with Crippen LogP contribution in [0.1, 0.15) is 11.7 Å². The molecule has 0 aliphatic heterocycles. The average Bonchev–Trinajstić information content (AvgIpc) is 2.19. The highest BCUT2D eigenvalue weighted by molar-refractivity contribution is 14.1. The lowest BCUT2D eigenvalue weighted by Gasteiger charge is -2.16. The van der Waals surface area contributed by atoms with Crippen molar-refractivity contribution in [2.45, 2.75) is 12.3 Å². The van der Waals surface area contributed by atoms with Gasteiger partial charge in [-0.2, -0.15) is 13.2 Å². The molecule has 0 aliphatic rings. The van der Waals surface area contributed by atoms with Gasteiger partial charge in [0.15, 0.2) is 0 Å². The summed E-state index contributed by atoms with van der Waals surface area (Å²) in [6.45, 7) is -1.20. The maximum Gasteiger partial charge on any atom is 0.411 e. The van der Waals surface area contributed by atoms with Gasteiger partial charge in [-0.15, -0.1) is 0 Å². The van der Waals surface area contributed by atoms with Crippen molar-refractivity contribution in [3.63, 3.8) is 0 Å². The predicted molar refractivity (Wildman–Crippen MR) is 60.1 cm³/mol. The Balaban J connectivity index is 2.58. The van der Waals surface area contributed by atoms with Crippen LogP contribution in [0.5, 0.6) is 0 Å². The molecule has 0 saturated carbocycles. The molecule has 0 spiro atoms. The summed E-state index contributed by atoms with van der Waals surface area (Å²) in [7, 11) is 0. The number of benzene rings is 1. The Morgan fingerprint density at radius 3 is 2.27 bits per heavy atom. The third-order valence-electron chi connectivity index (χ3n) is 1.76. The van der Waals surface area contributed by atoms with E-state index in [1.807, 2.05) is 28.7 Å². The second kappa shape index (κ2) is 5.69. The van der Waals surface area contributed by atoms with Gasteiger partial charge in [-0.1, -0.05) is 52.9 Å². The van der Waals surface area contributed by atoms with Gasteiger partial charge in [0.1, 0.15) is 6.61 Å². The molecule has 0 unspecified atom stereocenters. The molecule has 1 aromatic rings. The first-order valence-corrected chi connectivity index (χ1v) is 5.85. The van der Waals surface area contributed by atoms with E-state index in [0.717, 1.165) is 5.56 Å². The summed E-state index contributed by atoms with van der Waals surface area (Å²) in [5, 5.41) is 0. The summed E-state index contributed by atoms with van der Waals surface area (Å²) in [6.07, 6.45) is -4.76. The molecular formula is C10H10F3IO. The number of hydrogen-bond acceptors (Lipinski definition) is 1. The Morgan fingerprint density at radius 2 is 1.80 bits per heavy atom. The Hall–Kier alpha value is -0.300. The molecule has 1 aromatic carbocycles. The molecule has 0 amide bonds. The number of halogens is 4. The van der Waals surface area contributed by atoms with Crippen molar-refractivity contribution in [2.75, 3.05) is 11.0 Å². The first-order chi connectivity index (χ1) is 7.03. The summed E-state index contributed by atoms with van der Waals surface area (Å²) < 4.78 is 41.1. The van der Waals surface area contributed by atoms with E-state index in [0.29, 0.717) is 4.43 Å². The van der Waals surface area contributed by atoms with Crippen molar-refractivity contribution < 1.29 is 17.9 Å². The van der Waals surface area contributed by atoms with Gasteiger partial charge in [0.05, 0.1) is 6.10 Å². The molecule has 0 radical (unpaired) electrons. The van der Waals surface area contributed by atoms with Crippen LogP contribution in [-0.2, 0) is 4.74 Å². The van der Waals surface area contributed by atoms with Crippen LogP contribution in [0.15, 0.2) is 30.3 Å². The van der Waals surface area contributed by atoms with Crippen LogP contribution in [0.4, 0.5) is 13.2 Å². The van der Waals surface area contributed by atoms with Crippen molar-refractivity contribution in [3.05, 3.63) is 35.9 Å². The second-order valence-electron chi connectivity index (χ2n) is 2.98. The van der Waals surface area contributed by atoms with E-state index in [4.69, 9.17) is 4.74 Å². The van der Waals surface area contributed by atoms with Gasteiger partial charge in [-0.05, 0) is 5.56 Å². The van der Waals surface area contributed by atoms with E-state index in [2.05, 4.69) is 0 Å². The van der Waals surface area contributed by atoms with Gasteiger partial charge < -0.3 is 4.74 Å². The Bertz CT molecular complexity index is 286. The van der Waals surface area contributed by atoms with Crippen molar-refractivity contribution in [1.29, 1.82) is 0 Å². The van der Waals surface area contributed by atoms with Gasteiger partial charge in [-0.3, -0.25) is 0 Å². The standard InChI is InChI=1S/C10H10F3IO/c11-10(12,13)7-15-9(6-14)8-4-2-1-3-5-8/h1-5,9H,6-7H2/t9-/m0/s1. The zero-order valence-corrected chi connectivity index (χ0v) is 9.96. The van der Waals surface area contributed by atoms with Crippen LogP contribution >= 0.6 is 22.6 Å². The fraction of sp³-hybridized carbons (Fsp3) is 0.400. The molecule has 1 nitrogen and oxygen atoms in total. The van der Waals surface area contributed by atoms with Crippen LogP contribution in [0.25, 0.3) is 0 Å². The van der Waals surface area contributed by atoms with Crippen molar-refractivity contribution >= 4 is 22.6 Å². The average molecular weight is 330 g/mol. The largest absolute Gasteiger partial charge is 0.411 e. The van der Waals surface area contributed by atoms with Gasteiger partial charge >= 0.3 is 6.18 Å².